The summed E-state index contributed by atoms with van der Waals surface area (Å²) in [7, 11) is 0. The van der Waals surface area contributed by atoms with E-state index in [1.54, 1.807) is 18.5 Å². The molecule has 0 bridgehead atoms. The molecule has 4 nitrogen and oxygen atoms in total. The third-order valence-electron chi connectivity index (χ3n) is 3.16. The van der Waals surface area contributed by atoms with Crippen LogP contribution in [-0.4, -0.2) is 22.8 Å². The molecule has 88 valence electrons. The maximum atomic E-state index is 9.04. The van der Waals surface area contributed by atoms with E-state index in [2.05, 4.69) is 4.98 Å². The predicted molar refractivity (Wildman–Crippen MR) is 62.1 cm³/mol. The molecule has 0 spiro atoms. The van der Waals surface area contributed by atoms with Gasteiger partial charge in [0.15, 0.2) is 0 Å². The number of nitrogens with two attached hydrogens (primary N) is 1. The Bertz CT molecular complexity index is 336. The second kappa shape index (κ2) is 5.16. The van der Waals surface area contributed by atoms with Crippen molar-refractivity contribution in [1.82, 2.24) is 4.98 Å². The number of aliphatic hydroxyl groups is 1. The van der Waals surface area contributed by atoms with Crippen molar-refractivity contribution in [3.05, 3.63) is 18.5 Å². The highest BCUT2D eigenvalue weighted by Crippen LogP contribution is 2.29. The van der Waals surface area contributed by atoms with Crippen molar-refractivity contribution >= 4 is 5.69 Å². The number of ether oxygens (including phenoxy) is 1. The number of nitrogen functional groups attached to an aromatic ring is 1. The third kappa shape index (κ3) is 2.64. The van der Waals surface area contributed by atoms with Crippen LogP contribution in [-0.2, 0) is 0 Å². The average Bonchev–Trinajstić information content (AvgIpc) is 2.33. The lowest BCUT2D eigenvalue weighted by atomic mass is 9.88. The second-order valence-electron chi connectivity index (χ2n) is 4.36. The molecule has 3 N–H and O–H groups in total. The Balaban J connectivity index is 1.89. The van der Waals surface area contributed by atoms with Crippen LogP contribution in [0.2, 0.25) is 0 Å². The van der Waals surface area contributed by atoms with E-state index < -0.39 is 0 Å². The molecule has 1 aliphatic rings. The van der Waals surface area contributed by atoms with Gasteiger partial charge in [-0.25, -0.2) is 0 Å². The first-order chi connectivity index (χ1) is 7.79. The number of anilines is 1. The molecule has 0 unspecified atom stereocenters. The third-order valence-corrected chi connectivity index (χ3v) is 3.16. The minimum Gasteiger partial charge on any atom is -0.488 e. The molecular formula is C12H18N2O2. The van der Waals surface area contributed by atoms with E-state index in [1.807, 2.05) is 0 Å². The monoisotopic (exact) mass is 222 g/mol. The first kappa shape index (κ1) is 11.2. The number of hydrogen-bond acceptors (Lipinski definition) is 4. The summed E-state index contributed by atoms with van der Waals surface area (Å²) < 4.78 is 5.83. The fourth-order valence-electron chi connectivity index (χ4n) is 2.11. The van der Waals surface area contributed by atoms with E-state index in [0.29, 0.717) is 18.2 Å². The van der Waals surface area contributed by atoms with Crippen LogP contribution in [0.4, 0.5) is 5.69 Å². The number of aliphatic hydroxyl groups excluding tert-OH is 1. The largest absolute Gasteiger partial charge is 0.488 e. The van der Waals surface area contributed by atoms with Crippen molar-refractivity contribution < 1.29 is 9.84 Å². The van der Waals surface area contributed by atoms with Crippen molar-refractivity contribution in [2.24, 2.45) is 5.92 Å². The Morgan fingerprint density at radius 3 is 2.75 bits per heavy atom. The molecule has 1 aliphatic carbocycles. The van der Waals surface area contributed by atoms with Gasteiger partial charge in [-0.1, -0.05) is 0 Å². The zero-order valence-corrected chi connectivity index (χ0v) is 9.30. The predicted octanol–water partition coefficient (Wildman–Crippen LogP) is 1.59. The van der Waals surface area contributed by atoms with E-state index >= 15 is 0 Å². The van der Waals surface area contributed by atoms with E-state index in [0.717, 1.165) is 31.4 Å². The smallest absolute Gasteiger partial charge is 0.145 e. The highest BCUT2D eigenvalue weighted by molar-refractivity contribution is 5.49. The summed E-state index contributed by atoms with van der Waals surface area (Å²) in [6, 6.07) is 1.80. The number of hydrogen-bond donors (Lipinski definition) is 2. The second-order valence-corrected chi connectivity index (χ2v) is 4.36. The molecule has 0 radical (unpaired) electrons. The van der Waals surface area contributed by atoms with Gasteiger partial charge < -0.3 is 15.6 Å². The van der Waals surface area contributed by atoms with Gasteiger partial charge in [0.2, 0.25) is 0 Å². The summed E-state index contributed by atoms with van der Waals surface area (Å²) in [5, 5.41) is 9.04. The Kier molecular flexibility index (Phi) is 3.62. The molecule has 1 heterocycles. The van der Waals surface area contributed by atoms with Crippen LogP contribution in [0.25, 0.3) is 0 Å². The lowest BCUT2D eigenvalue weighted by Gasteiger charge is -2.28. The molecule has 0 aromatic carbocycles. The lowest BCUT2D eigenvalue weighted by molar-refractivity contribution is 0.104. The zero-order chi connectivity index (χ0) is 11.4. The van der Waals surface area contributed by atoms with Gasteiger partial charge in [0, 0.05) is 18.9 Å². The minimum atomic E-state index is 0.229. The van der Waals surface area contributed by atoms with Crippen LogP contribution in [0.3, 0.4) is 0 Å². The number of pyridine rings is 1. The van der Waals surface area contributed by atoms with Crippen LogP contribution in [0.5, 0.6) is 5.75 Å². The van der Waals surface area contributed by atoms with Gasteiger partial charge in [-0.05, 0) is 31.6 Å². The van der Waals surface area contributed by atoms with E-state index in [1.165, 1.54) is 0 Å². The highest BCUT2D eigenvalue weighted by Gasteiger charge is 2.22. The van der Waals surface area contributed by atoms with Gasteiger partial charge in [0.05, 0.1) is 18.0 Å². The Morgan fingerprint density at radius 2 is 2.12 bits per heavy atom. The number of rotatable bonds is 3. The Hall–Kier alpha value is -1.29. The highest BCUT2D eigenvalue weighted by atomic mass is 16.5. The number of aromatic nitrogens is 1. The topological polar surface area (TPSA) is 68.4 Å². The Morgan fingerprint density at radius 1 is 1.38 bits per heavy atom. The van der Waals surface area contributed by atoms with Crippen molar-refractivity contribution in [1.29, 1.82) is 0 Å². The molecule has 0 aliphatic heterocycles. The minimum absolute atomic E-state index is 0.229. The van der Waals surface area contributed by atoms with Gasteiger partial charge in [0.25, 0.3) is 0 Å². The first-order valence-electron chi connectivity index (χ1n) is 5.76. The summed E-state index contributed by atoms with van der Waals surface area (Å²) in [5.74, 6) is 1.18. The molecule has 1 aromatic rings. The zero-order valence-electron chi connectivity index (χ0n) is 9.30. The SMILES string of the molecule is Nc1cnccc1OC1CCC(CO)CC1. The maximum Gasteiger partial charge on any atom is 0.145 e. The van der Waals surface area contributed by atoms with Gasteiger partial charge in [-0.2, -0.15) is 0 Å². The van der Waals surface area contributed by atoms with Crippen molar-refractivity contribution in [3.63, 3.8) is 0 Å². The maximum absolute atomic E-state index is 9.04. The summed E-state index contributed by atoms with van der Waals surface area (Å²) in [4.78, 5) is 3.93. The van der Waals surface area contributed by atoms with Crippen molar-refractivity contribution in [2.75, 3.05) is 12.3 Å². The van der Waals surface area contributed by atoms with Gasteiger partial charge in [-0.3, -0.25) is 4.98 Å². The average molecular weight is 222 g/mol. The molecule has 0 amide bonds. The summed E-state index contributed by atoms with van der Waals surface area (Å²) in [6.07, 6.45) is 7.57. The fraction of sp³-hybridized carbons (Fsp3) is 0.583. The van der Waals surface area contributed by atoms with Crippen LogP contribution in [0.15, 0.2) is 18.5 Å². The van der Waals surface area contributed by atoms with Gasteiger partial charge in [-0.15, -0.1) is 0 Å². The summed E-state index contributed by atoms with van der Waals surface area (Å²) in [5.41, 5.74) is 6.35. The molecule has 2 rings (SSSR count). The Labute approximate surface area is 95.4 Å². The lowest BCUT2D eigenvalue weighted by Crippen LogP contribution is -2.25. The first-order valence-corrected chi connectivity index (χ1v) is 5.76. The van der Waals surface area contributed by atoms with Crippen LogP contribution in [0, 0.1) is 5.92 Å². The number of nitrogens with zero attached hydrogens (tertiary/aromatic N) is 1. The molecule has 0 saturated heterocycles. The summed E-state index contributed by atoms with van der Waals surface area (Å²) in [6.45, 7) is 0.296. The van der Waals surface area contributed by atoms with Crippen molar-refractivity contribution in [2.45, 2.75) is 31.8 Å². The molecule has 1 fully saturated rings. The van der Waals surface area contributed by atoms with Gasteiger partial charge in [0.1, 0.15) is 5.75 Å². The van der Waals surface area contributed by atoms with Gasteiger partial charge >= 0.3 is 0 Å². The van der Waals surface area contributed by atoms with Crippen LogP contribution >= 0.6 is 0 Å². The van der Waals surface area contributed by atoms with E-state index in [4.69, 9.17) is 15.6 Å². The molecule has 4 heteroatoms. The molecule has 16 heavy (non-hydrogen) atoms. The van der Waals surface area contributed by atoms with Crippen LogP contribution < -0.4 is 10.5 Å². The normalized spacial score (nSPS) is 25.3. The molecule has 0 atom stereocenters. The fourth-order valence-corrected chi connectivity index (χ4v) is 2.11. The van der Waals surface area contributed by atoms with Crippen LogP contribution in [0.1, 0.15) is 25.7 Å². The summed E-state index contributed by atoms with van der Waals surface area (Å²) >= 11 is 0. The molecular weight excluding hydrogens is 204 g/mol. The quantitative estimate of drug-likeness (QED) is 0.815. The van der Waals surface area contributed by atoms with E-state index in [-0.39, 0.29) is 6.10 Å². The standard InChI is InChI=1S/C12H18N2O2/c13-11-7-14-6-5-12(11)16-10-3-1-9(8-15)2-4-10/h5-7,9-10,15H,1-4,8,13H2. The van der Waals surface area contributed by atoms with E-state index in [9.17, 15) is 0 Å². The molecule has 1 saturated carbocycles. The molecule has 1 aromatic heterocycles. The van der Waals surface area contributed by atoms with Crippen molar-refractivity contribution in [3.8, 4) is 5.75 Å².